The highest BCUT2D eigenvalue weighted by atomic mass is 16.5. The molecule has 0 spiro atoms. The minimum atomic E-state index is -0.186. The van der Waals surface area contributed by atoms with E-state index < -0.39 is 0 Å². The van der Waals surface area contributed by atoms with Crippen LogP contribution < -0.4 is 10.1 Å². The van der Waals surface area contributed by atoms with Gasteiger partial charge in [-0.1, -0.05) is 12.5 Å². The van der Waals surface area contributed by atoms with Gasteiger partial charge < -0.3 is 15.0 Å². The molecule has 2 amide bonds. The van der Waals surface area contributed by atoms with E-state index in [2.05, 4.69) is 5.32 Å². The number of amides is 2. The molecule has 1 aliphatic rings. The molecule has 1 fully saturated rings. The van der Waals surface area contributed by atoms with E-state index in [-0.39, 0.29) is 18.4 Å². The lowest BCUT2D eigenvalue weighted by Gasteiger charge is -2.20. The number of likely N-dealkylation sites (tertiary alicyclic amines) is 1. The van der Waals surface area contributed by atoms with Gasteiger partial charge in [-0.3, -0.25) is 9.59 Å². The molecule has 0 bridgehead atoms. The van der Waals surface area contributed by atoms with Gasteiger partial charge in [-0.2, -0.15) is 0 Å². The highest BCUT2D eigenvalue weighted by molar-refractivity contribution is 5.95. The van der Waals surface area contributed by atoms with Crippen molar-refractivity contribution in [1.82, 2.24) is 4.90 Å². The molecule has 0 atom stereocenters. The first-order chi connectivity index (χ1) is 10.1. The molecule has 0 aromatic heterocycles. The second-order valence-electron chi connectivity index (χ2n) is 5.38. The molecule has 1 saturated heterocycles. The zero-order valence-corrected chi connectivity index (χ0v) is 12.6. The Labute approximate surface area is 125 Å². The summed E-state index contributed by atoms with van der Waals surface area (Å²) < 4.78 is 5.24. The van der Waals surface area contributed by atoms with Crippen molar-refractivity contribution in [2.75, 3.05) is 25.5 Å². The van der Waals surface area contributed by atoms with Gasteiger partial charge in [0.05, 0.1) is 19.3 Å². The number of aryl methyl sites for hydroxylation is 1. The van der Waals surface area contributed by atoms with Crippen LogP contribution in [0.4, 0.5) is 5.69 Å². The Morgan fingerprint density at radius 3 is 2.90 bits per heavy atom. The number of anilines is 1. The van der Waals surface area contributed by atoms with Crippen LogP contribution in [0.3, 0.4) is 0 Å². The van der Waals surface area contributed by atoms with Crippen LogP contribution in [0.2, 0.25) is 0 Å². The minimum Gasteiger partial charge on any atom is -0.495 e. The number of ether oxygens (including phenoxy) is 1. The summed E-state index contributed by atoms with van der Waals surface area (Å²) in [5.74, 6) is 0.504. The van der Waals surface area contributed by atoms with Crippen LogP contribution in [-0.4, -0.2) is 36.9 Å². The number of methoxy groups -OCH3 is 1. The zero-order chi connectivity index (χ0) is 15.2. The molecule has 114 valence electrons. The molecule has 5 heteroatoms. The number of rotatable bonds is 4. The lowest BCUT2D eigenvalue weighted by molar-refractivity contribution is -0.134. The Morgan fingerprint density at radius 2 is 2.14 bits per heavy atom. The van der Waals surface area contributed by atoms with Gasteiger partial charge in [0.2, 0.25) is 11.8 Å². The summed E-state index contributed by atoms with van der Waals surface area (Å²) in [6, 6.07) is 5.61. The van der Waals surface area contributed by atoms with E-state index in [1.165, 1.54) is 0 Å². The van der Waals surface area contributed by atoms with Crippen LogP contribution in [0.25, 0.3) is 0 Å². The summed E-state index contributed by atoms with van der Waals surface area (Å²) in [5, 5.41) is 2.83. The van der Waals surface area contributed by atoms with Crippen molar-refractivity contribution in [3.05, 3.63) is 23.8 Å². The Morgan fingerprint density at radius 1 is 1.33 bits per heavy atom. The van der Waals surface area contributed by atoms with Crippen molar-refractivity contribution in [2.24, 2.45) is 0 Å². The number of carbonyl (C=O) groups excluding carboxylic acids is 2. The van der Waals surface area contributed by atoms with Crippen molar-refractivity contribution in [2.45, 2.75) is 32.6 Å². The first-order valence-corrected chi connectivity index (χ1v) is 7.32. The predicted octanol–water partition coefficient (Wildman–Crippen LogP) is 2.34. The maximum absolute atomic E-state index is 12.2. The van der Waals surface area contributed by atoms with Crippen LogP contribution in [0, 0.1) is 6.92 Å². The molecule has 0 unspecified atom stereocenters. The largest absolute Gasteiger partial charge is 0.495 e. The first-order valence-electron chi connectivity index (χ1n) is 7.32. The smallest absolute Gasteiger partial charge is 0.244 e. The average Bonchev–Trinajstić information content (AvgIpc) is 2.64. The van der Waals surface area contributed by atoms with Crippen molar-refractivity contribution in [3.63, 3.8) is 0 Å². The number of nitrogens with zero attached hydrogens (tertiary/aromatic N) is 1. The molecule has 0 saturated carbocycles. The molecule has 1 aromatic carbocycles. The number of carbonyl (C=O) groups is 2. The number of hydrogen-bond acceptors (Lipinski definition) is 3. The van der Waals surface area contributed by atoms with Gasteiger partial charge in [0.25, 0.3) is 0 Å². The van der Waals surface area contributed by atoms with Crippen molar-refractivity contribution in [1.29, 1.82) is 0 Å². The standard InChI is InChI=1S/C16H22N2O3/c1-12-7-8-14(21-2)13(10-12)17-15(19)11-18-9-5-3-4-6-16(18)20/h7-8,10H,3-6,9,11H2,1-2H3,(H,17,19). The monoisotopic (exact) mass is 290 g/mol. The summed E-state index contributed by atoms with van der Waals surface area (Å²) in [6.45, 7) is 2.72. The maximum atomic E-state index is 12.2. The van der Waals surface area contributed by atoms with E-state index >= 15 is 0 Å². The summed E-state index contributed by atoms with van der Waals surface area (Å²) in [5.41, 5.74) is 1.68. The van der Waals surface area contributed by atoms with Crippen LogP contribution in [0.15, 0.2) is 18.2 Å². The Balaban J connectivity index is 2.01. The van der Waals surface area contributed by atoms with E-state index in [1.54, 1.807) is 12.0 Å². The van der Waals surface area contributed by atoms with Crippen molar-refractivity contribution >= 4 is 17.5 Å². The van der Waals surface area contributed by atoms with Gasteiger partial charge in [0, 0.05) is 13.0 Å². The third kappa shape index (κ3) is 4.21. The van der Waals surface area contributed by atoms with Crippen LogP contribution in [0.1, 0.15) is 31.2 Å². The molecule has 0 aliphatic carbocycles. The summed E-state index contributed by atoms with van der Waals surface area (Å²) in [7, 11) is 1.57. The third-order valence-corrected chi connectivity index (χ3v) is 3.63. The summed E-state index contributed by atoms with van der Waals surface area (Å²) in [6.07, 6.45) is 3.48. The van der Waals surface area contributed by atoms with Crippen LogP contribution in [-0.2, 0) is 9.59 Å². The van der Waals surface area contributed by atoms with Crippen LogP contribution >= 0.6 is 0 Å². The molecule has 2 rings (SSSR count). The number of nitrogens with one attached hydrogen (secondary N) is 1. The molecular weight excluding hydrogens is 268 g/mol. The number of hydrogen-bond donors (Lipinski definition) is 1. The molecule has 1 aliphatic heterocycles. The van der Waals surface area contributed by atoms with Gasteiger partial charge in [0.1, 0.15) is 5.75 Å². The summed E-state index contributed by atoms with van der Waals surface area (Å²) in [4.78, 5) is 25.7. The van der Waals surface area contributed by atoms with E-state index in [0.29, 0.717) is 24.4 Å². The van der Waals surface area contributed by atoms with Crippen LogP contribution in [0.5, 0.6) is 5.75 Å². The molecule has 5 nitrogen and oxygen atoms in total. The quantitative estimate of drug-likeness (QED) is 0.926. The van der Waals surface area contributed by atoms with Gasteiger partial charge in [-0.05, 0) is 37.5 Å². The fraction of sp³-hybridized carbons (Fsp3) is 0.500. The van der Waals surface area contributed by atoms with Crippen molar-refractivity contribution in [3.8, 4) is 5.75 Å². The normalized spacial score (nSPS) is 15.5. The minimum absolute atomic E-state index is 0.0684. The summed E-state index contributed by atoms with van der Waals surface area (Å²) >= 11 is 0. The highest BCUT2D eigenvalue weighted by Gasteiger charge is 2.19. The Kier molecular flexibility index (Phi) is 5.20. The fourth-order valence-corrected chi connectivity index (χ4v) is 2.49. The Bertz CT molecular complexity index is 528. The molecule has 21 heavy (non-hydrogen) atoms. The average molecular weight is 290 g/mol. The molecule has 0 radical (unpaired) electrons. The predicted molar refractivity (Wildman–Crippen MR) is 81.4 cm³/mol. The topological polar surface area (TPSA) is 58.6 Å². The van der Waals surface area contributed by atoms with Gasteiger partial charge in [0.15, 0.2) is 0 Å². The van der Waals surface area contributed by atoms with E-state index in [0.717, 1.165) is 24.8 Å². The highest BCUT2D eigenvalue weighted by Crippen LogP contribution is 2.25. The third-order valence-electron chi connectivity index (χ3n) is 3.63. The Hall–Kier alpha value is -2.04. The fourth-order valence-electron chi connectivity index (χ4n) is 2.49. The second-order valence-corrected chi connectivity index (χ2v) is 5.38. The maximum Gasteiger partial charge on any atom is 0.244 e. The molecular formula is C16H22N2O3. The van der Waals surface area contributed by atoms with E-state index in [9.17, 15) is 9.59 Å². The van der Waals surface area contributed by atoms with E-state index in [4.69, 9.17) is 4.74 Å². The van der Waals surface area contributed by atoms with Gasteiger partial charge >= 0.3 is 0 Å². The molecule has 1 aromatic rings. The lowest BCUT2D eigenvalue weighted by Crippen LogP contribution is -2.37. The van der Waals surface area contributed by atoms with Gasteiger partial charge in [-0.25, -0.2) is 0 Å². The zero-order valence-electron chi connectivity index (χ0n) is 12.6. The van der Waals surface area contributed by atoms with Crippen molar-refractivity contribution < 1.29 is 14.3 Å². The first kappa shape index (κ1) is 15.4. The molecule has 1 N–H and O–H groups in total. The van der Waals surface area contributed by atoms with E-state index in [1.807, 2.05) is 25.1 Å². The SMILES string of the molecule is COc1ccc(C)cc1NC(=O)CN1CCCCCC1=O. The number of benzene rings is 1. The second kappa shape index (κ2) is 7.11. The molecule has 1 heterocycles. The lowest BCUT2D eigenvalue weighted by atomic mass is 10.2. The van der Waals surface area contributed by atoms with Gasteiger partial charge in [-0.15, -0.1) is 0 Å².